The van der Waals surface area contributed by atoms with E-state index in [1.54, 1.807) is 6.20 Å². The van der Waals surface area contributed by atoms with Crippen LogP contribution in [0.3, 0.4) is 0 Å². The van der Waals surface area contributed by atoms with Crippen LogP contribution in [0.25, 0.3) is 0 Å². The Hall–Kier alpha value is -0.790. The van der Waals surface area contributed by atoms with Gasteiger partial charge in [-0.25, -0.2) is 0 Å². The zero-order valence-electron chi connectivity index (χ0n) is 4.75. The Labute approximate surface area is 49.5 Å². The summed E-state index contributed by atoms with van der Waals surface area (Å²) < 4.78 is 0. The number of aliphatic imine (C=N–C) groups is 1. The first-order valence-electron chi connectivity index (χ1n) is 2.65. The van der Waals surface area contributed by atoms with Gasteiger partial charge < -0.3 is 4.90 Å². The Morgan fingerprint density at radius 3 is 3.00 bits per heavy atom. The third kappa shape index (κ3) is 1.09. The van der Waals surface area contributed by atoms with Crippen LogP contribution in [0, 0.1) is 6.92 Å². The first kappa shape index (κ1) is 5.35. The molecular weight excluding hydrogens is 100 g/mol. The number of rotatable bonds is 1. The molecule has 0 aromatic carbocycles. The van der Waals surface area contributed by atoms with Crippen molar-refractivity contribution in [1.82, 2.24) is 4.90 Å². The molecule has 0 N–H and O–H groups in total. The summed E-state index contributed by atoms with van der Waals surface area (Å²) >= 11 is 0. The summed E-state index contributed by atoms with van der Waals surface area (Å²) in [5.41, 5.74) is 0. The average Bonchev–Trinajstić information content (AvgIpc) is 1.90. The van der Waals surface area contributed by atoms with Crippen molar-refractivity contribution in [3.63, 3.8) is 0 Å². The minimum Gasteiger partial charge on any atom is -0.371 e. The fourth-order valence-electron chi connectivity index (χ4n) is 0.572. The molecule has 43 valence electrons. The minimum atomic E-state index is 0.822. The molecule has 1 heterocycles. The van der Waals surface area contributed by atoms with Crippen molar-refractivity contribution in [3.8, 4) is 0 Å². The molecule has 0 amide bonds. The lowest BCUT2D eigenvalue weighted by Crippen LogP contribution is -2.20. The highest BCUT2D eigenvalue weighted by atomic mass is 15.1. The van der Waals surface area contributed by atoms with Crippen molar-refractivity contribution in [3.05, 3.63) is 19.3 Å². The second-order valence-corrected chi connectivity index (χ2v) is 1.62. The summed E-state index contributed by atoms with van der Waals surface area (Å²) in [5, 5.41) is 0. The fourth-order valence-corrected chi connectivity index (χ4v) is 0.572. The second-order valence-electron chi connectivity index (χ2n) is 1.62. The van der Waals surface area contributed by atoms with Crippen LogP contribution in [-0.2, 0) is 0 Å². The Morgan fingerprint density at radius 2 is 2.62 bits per heavy atom. The van der Waals surface area contributed by atoms with Crippen molar-refractivity contribution in [2.45, 2.75) is 0 Å². The summed E-state index contributed by atoms with van der Waals surface area (Å²) in [7, 11) is 0. The largest absolute Gasteiger partial charge is 0.371 e. The maximum atomic E-state index is 3.90. The van der Waals surface area contributed by atoms with Crippen molar-refractivity contribution < 1.29 is 0 Å². The Bertz CT molecular complexity index is 116. The van der Waals surface area contributed by atoms with E-state index >= 15 is 0 Å². The van der Waals surface area contributed by atoms with Gasteiger partial charge in [-0.1, -0.05) is 0 Å². The average molecular weight is 109 g/mol. The van der Waals surface area contributed by atoms with Crippen molar-refractivity contribution in [2.24, 2.45) is 4.99 Å². The van der Waals surface area contributed by atoms with E-state index in [0.717, 1.165) is 13.1 Å². The zero-order chi connectivity index (χ0) is 5.82. The van der Waals surface area contributed by atoms with Crippen LogP contribution in [-0.4, -0.2) is 24.2 Å². The van der Waals surface area contributed by atoms with E-state index in [4.69, 9.17) is 0 Å². The van der Waals surface area contributed by atoms with E-state index < -0.39 is 0 Å². The number of hydrogen-bond donors (Lipinski definition) is 0. The standard InChI is InChI=1S/C6H9N2/c1-2-8-5-3-7-4-6-8/h3-5H,1-2,6H2. The smallest absolute Gasteiger partial charge is 0.0527 e. The predicted molar refractivity (Wildman–Crippen MR) is 34.6 cm³/mol. The second kappa shape index (κ2) is 2.50. The van der Waals surface area contributed by atoms with Gasteiger partial charge in [-0.3, -0.25) is 4.99 Å². The molecule has 2 heteroatoms. The summed E-state index contributed by atoms with van der Waals surface area (Å²) in [5.74, 6) is 0. The van der Waals surface area contributed by atoms with E-state index in [1.807, 2.05) is 12.4 Å². The molecule has 1 radical (unpaired) electrons. The van der Waals surface area contributed by atoms with Crippen molar-refractivity contribution in [2.75, 3.05) is 13.1 Å². The highest BCUT2D eigenvalue weighted by Crippen LogP contribution is 1.91. The summed E-state index contributed by atoms with van der Waals surface area (Å²) in [6.45, 7) is 5.45. The van der Waals surface area contributed by atoms with Crippen LogP contribution in [0.1, 0.15) is 0 Å². The van der Waals surface area contributed by atoms with Gasteiger partial charge in [0.2, 0.25) is 0 Å². The molecule has 1 rings (SSSR count). The molecule has 0 aromatic rings. The molecule has 1 aliphatic rings. The van der Waals surface area contributed by atoms with Crippen LogP contribution in [0.4, 0.5) is 0 Å². The molecule has 0 saturated carbocycles. The van der Waals surface area contributed by atoms with Gasteiger partial charge >= 0.3 is 0 Å². The molecule has 1 aliphatic heterocycles. The van der Waals surface area contributed by atoms with E-state index in [1.165, 1.54) is 0 Å². The maximum Gasteiger partial charge on any atom is 0.0527 e. The first-order chi connectivity index (χ1) is 3.93. The quantitative estimate of drug-likeness (QED) is 0.483. The number of nitrogens with zero attached hydrogens (tertiary/aromatic N) is 2. The molecular formula is C6H9N2. The minimum absolute atomic E-state index is 0.822. The summed E-state index contributed by atoms with van der Waals surface area (Å²) in [6.07, 6.45) is 5.58. The molecule has 0 saturated heterocycles. The topological polar surface area (TPSA) is 15.6 Å². The Morgan fingerprint density at radius 1 is 1.75 bits per heavy atom. The highest BCUT2D eigenvalue weighted by Gasteiger charge is 1.92. The van der Waals surface area contributed by atoms with Gasteiger partial charge in [0.1, 0.15) is 0 Å². The molecule has 0 fully saturated rings. The molecule has 0 unspecified atom stereocenters. The first-order valence-corrected chi connectivity index (χ1v) is 2.65. The normalized spacial score (nSPS) is 17.4. The van der Waals surface area contributed by atoms with Gasteiger partial charge in [0.25, 0.3) is 0 Å². The molecule has 0 atom stereocenters. The number of hydrogen-bond acceptors (Lipinski definition) is 2. The lowest BCUT2D eigenvalue weighted by molar-refractivity contribution is 0.471. The van der Waals surface area contributed by atoms with E-state index in [9.17, 15) is 0 Å². The Kier molecular flexibility index (Phi) is 1.67. The van der Waals surface area contributed by atoms with Gasteiger partial charge in [-0.15, -0.1) is 0 Å². The van der Waals surface area contributed by atoms with Crippen LogP contribution < -0.4 is 0 Å². The predicted octanol–water partition coefficient (Wildman–Crippen LogP) is 0.678. The van der Waals surface area contributed by atoms with Crippen LogP contribution in [0.5, 0.6) is 0 Å². The molecule has 0 aromatic heterocycles. The summed E-state index contributed by atoms with van der Waals surface area (Å²) in [6, 6.07) is 0. The van der Waals surface area contributed by atoms with Crippen LogP contribution in [0.15, 0.2) is 17.4 Å². The monoisotopic (exact) mass is 109 g/mol. The van der Waals surface area contributed by atoms with Crippen molar-refractivity contribution >= 4 is 6.21 Å². The fraction of sp³-hybridized carbons (Fsp3) is 0.333. The van der Waals surface area contributed by atoms with Gasteiger partial charge in [0.05, 0.1) is 6.54 Å². The SMILES string of the molecule is [CH2]CN1C=CN=CC1. The molecule has 0 aliphatic carbocycles. The summed E-state index contributed by atoms with van der Waals surface area (Å²) in [4.78, 5) is 5.98. The third-order valence-electron chi connectivity index (χ3n) is 1.07. The van der Waals surface area contributed by atoms with E-state index in [0.29, 0.717) is 0 Å². The molecule has 2 nitrogen and oxygen atoms in total. The van der Waals surface area contributed by atoms with Crippen LogP contribution >= 0.6 is 0 Å². The van der Waals surface area contributed by atoms with E-state index in [-0.39, 0.29) is 0 Å². The Balaban J connectivity index is 2.40. The highest BCUT2D eigenvalue weighted by molar-refractivity contribution is 5.61. The molecule has 0 bridgehead atoms. The van der Waals surface area contributed by atoms with Crippen molar-refractivity contribution in [1.29, 1.82) is 0 Å². The third-order valence-corrected chi connectivity index (χ3v) is 1.07. The maximum absolute atomic E-state index is 3.90. The van der Waals surface area contributed by atoms with Gasteiger partial charge in [-0.2, -0.15) is 0 Å². The van der Waals surface area contributed by atoms with Crippen LogP contribution in [0.2, 0.25) is 0 Å². The van der Waals surface area contributed by atoms with Gasteiger partial charge in [0.15, 0.2) is 0 Å². The van der Waals surface area contributed by atoms with Gasteiger partial charge in [-0.05, 0) is 6.92 Å². The lowest BCUT2D eigenvalue weighted by Gasteiger charge is -2.15. The molecule has 8 heavy (non-hydrogen) atoms. The zero-order valence-corrected chi connectivity index (χ0v) is 4.75. The van der Waals surface area contributed by atoms with Gasteiger partial charge in [0, 0.05) is 25.2 Å². The lowest BCUT2D eigenvalue weighted by atomic mass is 10.5. The molecule has 0 spiro atoms. The van der Waals surface area contributed by atoms with E-state index in [2.05, 4.69) is 16.8 Å².